The molecule has 1 N–H and O–H groups in total. The summed E-state index contributed by atoms with van der Waals surface area (Å²) >= 11 is -2.41. The number of rotatable bonds is 3. The van der Waals surface area contributed by atoms with Crippen molar-refractivity contribution in [3.05, 3.63) is 27.8 Å². The monoisotopic (exact) mass is 413 g/mol. The Balaban J connectivity index is 3.18. The van der Waals surface area contributed by atoms with E-state index in [1.165, 1.54) is 19.1 Å². The van der Waals surface area contributed by atoms with Gasteiger partial charge in [-0.05, 0) is 0 Å². The minimum atomic E-state index is -2.41. The van der Waals surface area contributed by atoms with Crippen molar-refractivity contribution in [3.8, 4) is 5.75 Å². The Kier molecular flexibility index (Phi) is 4.23. The Morgan fingerprint density at radius 1 is 1.56 bits per heavy atom. The third kappa shape index (κ3) is 2.91. The van der Waals surface area contributed by atoms with Crippen LogP contribution in [0.3, 0.4) is 0 Å². The number of carbonyl (C=O) groups is 1. The average Bonchev–Trinajstić information content (AvgIpc) is 2.18. The Bertz CT molecular complexity index is 446. The van der Waals surface area contributed by atoms with E-state index < -0.39 is 35.9 Å². The molecule has 0 atom stereocenters. The van der Waals surface area contributed by atoms with Crippen LogP contribution in [0.4, 0.5) is 5.69 Å². The van der Waals surface area contributed by atoms with Crippen LogP contribution in [0.1, 0.15) is 12.5 Å². The molecule has 0 unspecified atom stereocenters. The van der Waals surface area contributed by atoms with E-state index in [0.717, 1.165) is 0 Å². The number of phenolic OH excluding ortho intramolecular Hbond substituents is 1. The Morgan fingerprint density at radius 3 is 2.69 bits per heavy atom. The molecule has 0 aliphatic carbocycles. The molecule has 0 radical (unpaired) electrons. The quantitative estimate of drug-likeness (QED) is 0.451. The Hall–Kier alpha value is -1.17. The van der Waals surface area contributed by atoms with Crippen LogP contribution < -0.4 is 3.07 Å². The maximum absolute atomic E-state index is 10.8. The van der Waals surface area contributed by atoms with Crippen molar-refractivity contribution >= 4 is 14.7 Å². The van der Waals surface area contributed by atoms with E-state index in [1.807, 2.05) is 0 Å². The standard InChI is InChI=1S/C7H6NO3.C2H4O2.Hg/c1-5-2-3-6(9)4-7(5)8(10)11;1-2(3)4;/h2-3,9H,1H3;1H3,(H,3,4);/q;;+1/p-1. The number of hydrogen-bond donors (Lipinski definition) is 1. The summed E-state index contributed by atoms with van der Waals surface area (Å²) in [5.74, 6) is -0.614. The Morgan fingerprint density at radius 2 is 2.19 bits per heavy atom. The molecule has 16 heavy (non-hydrogen) atoms. The van der Waals surface area contributed by atoms with Gasteiger partial charge in [-0.2, -0.15) is 0 Å². The van der Waals surface area contributed by atoms with Crippen LogP contribution in [0, 0.1) is 17.0 Å². The summed E-state index contributed by atoms with van der Waals surface area (Å²) in [7, 11) is 0. The number of hydrogen-bond acceptors (Lipinski definition) is 5. The minimum absolute atomic E-state index is 0.122. The first-order chi connectivity index (χ1) is 7.43. The van der Waals surface area contributed by atoms with Gasteiger partial charge in [0, 0.05) is 0 Å². The topological polar surface area (TPSA) is 89.7 Å². The van der Waals surface area contributed by atoms with Gasteiger partial charge in [-0.25, -0.2) is 0 Å². The number of phenols is 1. The summed E-state index contributed by atoms with van der Waals surface area (Å²) in [5.41, 5.74) is 0.341. The van der Waals surface area contributed by atoms with Crippen LogP contribution in [-0.4, -0.2) is 16.0 Å². The molecule has 82 valence electrons. The fourth-order valence-corrected chi connectivity index (χ4v) is 5.81. The van der Waals surface area contributed by atoms with Gasteiger partial charge in [-0.1, -0.05) is 0 Å². The van der Waals surface area contributed by atoms with Crippen LogP contribution in [-0.2, 0) is 32.5 Å². The number of aromatic hydroxyl groups is 1. The van der Waals surface area contributed by atoms with Crippen molar-refractivity contribution in [1.29, 1.82) is 0 Å². The zero-order valence-electron chi connectivity index (χ0n) is 8.89. The van der Waals surface area contributed by atoms with E-state index in [-0.39, 0.29) is 14.5 Å². The SMILES string of the molecule is CC(=O)[O][Hg][c]1c(O)ccc(C)c1[N+](=O)[O-]. The van der Waals surface area contributed by atoms with E-state index in [1.54, 1.807) is 6.92 Å². The summed E-state index contributed by atoms with van der Waals surface area (Å²) in [5, 5.41) is 20.4. The molecule has 0 spiro atoms. The molecule has 0 saturated carbocycles. The summed E-state index contributed by atoms with van der Waals surface area (Å²) in [6, 6.07) is 2.86. The molecule has 1 aromatic rings. The van der Waals surface area contributed by atoms with Crippen molar-refractivity contribution < 1.29 is 42.5 Å². The molecule has 0 heterocycles. The number of nitro groups is 1. The Labute approximate surface area is 104 Å². The van der Waals surface area contributed by atoms with Crippen LogP contribution in [0.2, 0.25) is 0 Å². The molecule has 1 rings (SSSR count). The predicted molar refractivity (Wildman–Crippen MR) is 50.9 cm³/mol. The molecule has 0 aliphatic rings. The fourth-order valence-electron chi connectivity index (χ4n) is 1.31. The average molecular weight is 412 g/mol. The van der Waals surface area contributed by atoms with Gasteiger partial charge in [-0.3, -0.25) is 0 Å². The molecule has 7 heteroatoms. The maximum atomic E-state index is 10.8. The van der Waals surface area contributed by atoms with Crippen LogP contribution in [0.25, 0.3) is 0 Å². The normalized spacial score (nSPS) is 9.38. The van der Waals surface area contributed by atoms with Crippen LogP contribution in [0.5, 0.6) is 5.75 Å². The number of nitrogens with zero attached hydrogens (tertiary/aromatic N) is 1. The molecule has 0 saturated heterocycles. The van der Waals surface area contributed by atoms with Crippen molar-refractivity contribution in [3.63, 3.8) is 0 Å². The van der Waals surface area contributed by atoms with E-state index in [4.69, 9.17) is 2.64 Å². The van der Waals surface area contributed by atoms with Gasteiger partial charge in [0.05, 0.1) is 0 Å². The predicted octanol–water partition coefficient (Wildman–Crippen LogP) is 0.795. The van der Waals surface area contributed by atoms with Gasteiger partial charge in [-0.15, -0.1) is 0 Å². The van der Waals surface area contributed by atoms with E-state index in [2.05, 4.69) is 0 Å². The number of benzene rings is 1. The first-order valence-electron chi connectivity index (χ1n) is 4.52. The van der Waals surface area contributed by atoms with E-state index >= 15 is 0 Å². The van der Waals surface area contributed by atoms with Gasteiger partial charge in [0.25, 0.3) is 0 Å². The molecule has 0 bridgehead atoms. The van der Waals surface area contributed by atoms with E-state index in [9.17, 15) is 20.0 Å². The second kappa shape index (κ2) is 5.24. The van der Waals surface area contributed by atoms with Gasteiger partial charge >= 0.3 is 105 Å². The van der Waals surface area contributed by atoms with Gasteiger partial charge < -0.3 is 0 Å². The molecule has 0 aliphatic heterocycles. The first kappa shape index (κ1) is 12.9. The fraction of sp³-hybridized carbons (Fsp3) is 0.222. The van der Waals surface area contributed by atoms with Crippen molar-refractivity contribution in [1.82, 2.24) is 0 Å². The zero-order chi connectivity index (χ0) is 12.3. The summed E-state index contributed by atoms with van der Waals surface area (Å²) in [6.07, 6.45) is 0. The molecular formula is C9H9HgNO5. The van der Waals surface area contributed by atoms with Crippen molar-refractivity contribution in [2.45, 2.75) is 13.8 Å². The number of nitro benzene ring substituents is 1. The van der Waals surface area contributed by atoms with Gasteiger partial charge in [0.15, 0.2) is 0 Å². The van der Waals surface area contributed by atoms with Crippen LogP contribution in [0.15, 0.2) is 12.1 Å². The summed E-state index contributed by atoms with van der Waals surface area (Å²) in [6.45, 7) is 2.83. The molecule has 0 fully saturated rings. The number of aryl methyl sites for hydroxylation is 1. The summed E-state index contributed by atoms with van der Waals surface area (Å²) in [4.78, 5) is 21.0. The van der Waals surface area contributed by atoms with Crippen molar-refractivity contribution in [2.75, 3.05) is 0 Å². The van der Waals surface area contributed by atoms with Gasteiger partial charge in [0.1, 0.15) is 0 Å². The third-order valence-electron chi connectivity index (χ3n) is 2.06. The summed E-state index contributed by atoms with van der Waals surface area (Å²) < 4.78 is 5.11. The first-order valence-corrected chi connectivity index (χ1v) is 9.52. The molecule has 1 aromatic carbocycles. The zero-order valence-corrected chi connectivity index (χ0v) is 14.4. The number of carbonyl (C=O) groups excluding carboxylic acids is 1. The van der Waals surface area contributed by atoms with Gasteiger partial charge in [0.2, 0.25) is 0 Å². The second-order valence-corrected chi connectivity index (χ2v) is 8.26. The molecular weight excluding hydrogens is 403 g/mol. The second-order valence-electron chi connectivity index (χ2n) is 3.27. The molecule has 0 aromatic heterocycles. The molecule has 0 amide bonds. The molecule has 6 nitrogen and oxygen atoms in total. The van der Waals surface area contributed by atoms with E-state index in [0.29, 0.717) is 5.56 Å². The van der Waals surface area contributed by atoms with Crippen LogP contribution >= 0.6 is 0 Å². The third-order valence-corrected chi connectivity index (χ3v) is 8.04. The van der Waals surface area contributed by atoms with Crippen molar-refractivity contribution in [2.24, 2.45) is 0 Å².